The number of quaternary nitrogens is 3. The summed E-state index contributed by atoms with van der Waals surface area (Å²) in [5.41, 5.74) is 0.667. The Morgan fingerprint density at radius 3 is 2.42 bits per heavy atom. The van der Waals surface area contributed by atoms with Crippen LogP contribution in [0.1, 0.15) is 19.8 Å². The second kappa shape index (κ2) is 9.08. The Balaban J connectivity index is 1.42. The number of hydrogen-bond acceptors (Lipinski definition) is 2. The number of carbonyl (C=O) groups excluding carboxylic acids is 2. The molecule has 2 aliphatic rings. The zero-order valence-electron chi connectivity index (χ0n) is 15.5. The molecule has 2 heterocycles. The van der Waals surface area contributed by atoms with Gasteiger partial charge in [-0.05, 0) is 31.2 Å². The Labute approximate surface area is 163 Å². The van der Waals surface area contributed by atoms with Crippen molar-refractivity contribution in [3.8, 4) is 0 Å². The highest BCUT2D eigenvalue weighted by molar-refractivity contribution is 9.10. The van der Waals surface area contributed by atoms with E-state index in [-0.39, 0.29) is 17.9 Å². The third-order valence-corrected chi connectivity index (χ3v) is 6.14. The summed E-state index contributed by atoms with van der Waals surface area (Å²) in [4.78, 5) is 29.6. The van der Waals surface area contributed by atoms with E-state index in [1.807, 2.05) is 24.3 Å². The number of rotatable bonds is 7. The molecule has 0 unspecified atom stereocenters. The molecule has 26 heavy (non-hydrogen) atoms. The molecular weight excluding hydrogens is 396 g/mol. The fraction of sp³-hybridized carbons (Fsp3) is 0.579. The van der Waals surface area contributed by atoms with Gasteiger partial charge < -0.3 is 15.1 Å². The quantitative estimate of drug-likeness (QED) is 0.344. The first kappa shape index (κ1) is 19.5. The summed E-state index contributed by atoms with van der Waals surface area (Å²) >= 11 is 3.38. The fourth-order valence-electron chi connectivity index (χ4n) is 3.93. The Morgan fingerprint density at radius 2 is 1.77 bits per heavy atom. The third kappa shape index (κ3) is 4.71. The van der Waals surface area contributed by atoms with Crippen LogP contribution < -0.4 is 20.0 Å². The van der Waals surface area contributed by atoms with Crippen molar-refractivity contribution in [1.82, 2.24) is 0 Å². The Morgan fingerprint density at radius 1 is 1.12 bits per heavy atom. The van der Waals surface area contributed by atoms with Crippen molar-refractivity contribution in [2.45, 2.75) is 25.8 Å². The fourth-order valence-corrected chi connectivity index (χ4v) is 4.20. The lowest BCUT2D eigenvalue weighted by Crippen LogP contribution is -3.28. The molecule has 1 aromatic carbocycles. The molecule has 142 valence electrons. The minimum atomic E-state index is -0.262. The van der Waals surface area contributed by atoms with Crippen molar-refractivity contribution in [3.63, 3.8) is 0 Å². The highest BCUT2D eigenvalue weighted by atomic mass is 79.9. The highest BCUT2D eigenvalue weighted by Gasteiger charge is 2.42. The van der Waals surface area contributed by atoms with Crippen molar-refractivity contribution < 1.29 is 24.7 Å². The maximum absolute atomic E-state index is 12.6. The van der Waals surface area contributed by atoms with Crippen LogP contribution in [0.5, 0.6) is 0 Å². The lowest BCUT2D eigenvalue weighted by molar-refractivity contribution is -1.01. The van der Waals surface area contributed by atoms with Gasteiger partial charge in [0.05, 0.1) is 31.7 Å². The Bertz CT molecular complexity index is 629. The van der Waals surface area contributed by atoms with E-state index < -0.39 is 0 Å². The van der Waals surface area contributed by atoms with E-state index in [4.69, 9.17) is 0 Å². The number of halogens is 1. The molecule has 2 amide bonds. The number of piperazine rings is 1. The van der Waals surface area contributed by atoms with Crippen molar-refractivity contribution in [2.24, 2.45) is 0 Å². The molecule has 0 aromatic heterocycles. The molecule has 2 saturated heterocycles. The van der Waals surface area contributed by atoms with Crippen LogP contribution in [0.4, 0.5) is 5.69 Å². The maximum Gasteiger partial charge on any atom is 0.292 e. The minimum absolute atomic E-state index is 0.0789. The van der Waals surface area contributed by atoms with E-state index in [0.29, 0.717) is 12.1 Å². The molecule has 0 spiro atoms. The first-order valence-corrected chi connectivity index (χ1v) is 10.5. The van der Waals surface area contributed by atoms with Crippen molar-refractivity contribution in [2.75, 3.05) is 50.7 Å². The zero-order valence-corrected chi connectivity index (χ0v) is 17.1. The SMILES string of the molecule is CC[NH+]1CC[NH+](CCC[NH2+][C@H]2CC(=O)N(c3ccc(Br)cc3)C2=O)CC1. The van der Waals surface area contributed by atoms with Crippen molar-refractivity contribution in [1.29, 1.82) is 0 Å². The molecule has 1 atom stereocenters. The molecule has 0 radical (unpaired) electrons. The molecule has 0 saturated carbocycles. The van der Waals surface area contributed by atoms with Gasteiger partial charge in [-0.2, -0.15) is 0 Å². The van der Waals surface area contributed by atoms with Gasteiger partial charge >= 0.3 is 0 Å². The van der Waals surface area contributed by atoms with Crippen molar-refractivity contribution in [3.05, 3.63) is 28.7 Å². The van der Waals surface area contributed by atoms with E-state index in [9.17, 15) is 9.59 Å². The summed E-state index contributed by atoms with van der Waals surface area (Å²) in [6.45, 7) is 10.6. The second-order valence-electron chi connectivity index (χ2n) is 7.34. The van der Waals surface area contributed by atoms with Gasteiger partial charge in [0.25, 0.3) is 5.91 Å². The summed E-state index contributed by atoms with van der Waals surface area (Å²) in [6, 6.07) is 7.07. The number of likely N-dealkylation sites (N-methyl/N-ethyl adjacent to an activating group) is 1. The maximum atomic E-state index is 12.6. The van der Waals surface area contributed by atoms with Gasteiger partial charge in [0.15, 0.2) is 6.04 Å². The average Bonchev–Trinajstić information content (AvgIpc) is 2.94. The molecule has 2 fully saturated rings. The van der Waals surface area contributed by atoms with Crippen LogP contribution in [-0.2, 0) is 9.59 Å². The minimum Gasteiger partial charge on any atom is -0.335 e. The van der Waals surface area contributed by atoms with Gasteiger partial charge in [0.2, 0.25) is 5.91 Å². The predicted octanol–water partition coefficient (Wildman–Crippen LogP) is -2.16. The van der Waals surface area contributed by atoms with Gasteiger partial charge in [-0.1, -0.05) is 15.9 Å². The number of hydrogen-bond donors (Lipinski definition) is 3. The van der Waals surface area contributed by atoms with Crippen molar-refractivity contribution >= 4 is 33.4 Å². The molecule has 1 aromatic rings. The number of nitrogens with zero attached hydrogens (tertiary/aromatic N) is 1. The van der Waals surface area contributed by atoms with Gasteiger partial charge in [0.1, 0.15) is 26.2 Å². The van der Waals surface area contributed by atoms with E-state index in [1.54, 1.807) is 9.80 Å². The highest BCUT2D eigenvalue weighted by Crippen LogP contribution is 2.23. The average molecular weight is 426 g/mol. The summed E-state index contributed by atoms with van der Waals surface area (Å²) < 4.78 is 0.937. The van der Waals surface area contributed by atoms with Gasteiger partial charge in [0, 0.05) is 10.9 Å². The number of nitrogens with two attached hydrogens (primary N) is 1. The van der Waals surface area contributed by atoms with Crippen LogP contribution in [-0.4, -0.2) is 63.7 Å². The van der Waals surface area contributed by atoms with Crippen LogP contribution in [0.15, 0.2) is 28.7 Å². The topological polar surface area (TPSA) is 62.9 Å². The largest absolute Gasteiger partial charge is 0.335 e. The van der Waals surface area contributed by atoms with Crippen LogP contribution in [0.25, 0.3) is 0 Å². The molecular formula is C19H30BrN4O2+3. The second-order valence-corrected chi connectivity index (χ2v) is 8.25. The zero-order chi connectivity index (χ0) is 18.5. The molecule has 4 N–H and O–H groups in total. The van der Waals surface area contributed by atoms with Crippen LogP contribution in [0.3, 0.4) is 0 Å². The third-order valence-electron chi connectivity index (χ3n) is 5.62. The van der Waals surface area contributed by atoms with Gasteiger partial charge in [-0.3, -0.25) is 9.59 Å². The van der Waals surface area contributed by atoms with E-state index in [0.717, 1.165) is 17.4 Å². The molecule has 0 bridgehead atoms. The summed E-state index contributed by atoms with van der Waals surface area (Å²) in [5, 5.41) is 2.06. The normalized spacial score (nSPS) is 26.5. The number of anilines is 1. The molecule has 2 aliphatic heterocycles. The number of nitrogens with one attached hydrogen (secondary N) is 2. The number of imide groups is 1. The van der Waals surface area contributed by atoms with Crippen LogP contribution in [0, 0.1) is 0 Å². The smallest absolute Gasteiger partial charge is 0.292 e. The van der Waals surface area contributed by atoms with Gasteiger partial charge in [-0.25, -0.2) is 4.90 Å². The molecule has 3 rings (SSSR count). The summed E-state index contributed by atoms with van der Waals surface area (Å²) in [5.74, 6) is -0.173. The lowest BCUT2D eigenvalue weighted by atomic mass is 10.2. The number of carbonyl (C=O) groups is 2. The van der Waals surface area contributed by atoms with Gasteiger partial charge in [-0.15, -0.1) is 0 Å². The summed E-state index contributed by atoms with van der Waals surface area (Å²) in [7, 11) is 0. The molecule has 7 heteroatoms. The van der Waals surface area contributed by atoms with E-state index in [2.05, 4.69) is 28.2 Å². The molecule has 6 nitrogen and oxygen atoms in total. The molecule has 0 aliphatic carbocycles. The number of benzene rings is 1. The first-order chi connectivity index (χ1) is 12.6. The predicted molar refractivity (Wildman–Crippen MR) is 103 cm³/mol. The van der Waals surface area contributed by atoms with Crippen LogP contribution >= 0.6 is 15.9 Å². The lowest BCUT2D eigenvalue weighted by Gasteiger charge is -2.28. The summed E-state index contributed by atoms with van der Waals surface area (Å²) in [6.07, 6.45) is 1.40. The Hall–Kier alpha value is -1.28. The number of amides is 2. The standard InChI is InChI=1S/C19H27BrN4O2/c1-2-22-10-12-23(13-11-22)9-3-8-21-17-14-18(25)24(19(17)26)16-6-4-15(20)5-7-16/h4-7,17,21H,2-3,8-14H2,1H3/p+3/t17-/m0/s1. The van der Waals surface area contributed by atoms with E-state index in [1.165, 1.54) is 44.2 Å². The van der Waals surface area contributed by atoms with Crippen LogP contribution in [0.2, 0.25) is 0 Å². The van der Waals surface area contributed by atoms with E-state index >= 15 is 0 Å². The first-order valence-electron chi connectivity index (χ1n) is 9.71. The monoisotopic (exact) mass is 425 g/mol. The Kier molecular flexibility index (Phi) is 6.80.